The second-order valence-electron chi connectivity index (χ2n) is 3.45. The van der Waals surface area contributed by atoms with Gasteiger partial charge in [0.1, 0.15) is 11.6 Å². The third-order valence-corrected chi connectivity index (χ3v) is 2.06. The van der Waals surface area contributed by atoms with Crippen molar-refractivity contribution in [2.45, 2.75) is 0 Å². The normalized spacial score (nSPS) is 10.3. The molecule has 0 aromatic carbocycles. The summed E-state index contributed by atoms with van der Waals surface area (Å²) in [6.07, 6.45) is 3.58. The van der Waals surface area contributed by atoms with Gasteiger partial charge in [-0.2, -0.15) is 5.10 Å². The fraction of sp³-hybridized carbons (Fsp3) is 0.200. The van der Waals surface area contributed by atoms with Crippen molar-refractivity contribution in [1.29, 1.82) is 0 Å². The molecule has 0 aliphatic rings. The lowest BCUT2D eigenvalue weighted by atomic mass is 10.4. The number of hydrogen-bond acceptors (Lipinski definition) is 4. The number of hydrogen-bond donors (Lipinski definition) is 1. The topological polar surface area (TPSA) is 60.0 Å². The number of nitrogen functional groups attached to an aromatic ring is 1. The Bertz CT molecular complexity index is 460. The fourth-order valence-corrected chi connectivity index (χ4v) is 1.28. The van der Waals surface area contributed by atoms with Crippen LogP contribution in [0.1, 0.15) is 0 Å². The standard InChI is InChI=1S/C10H13N5/c1-14(2)10-7-8(3-5-12-10)15-6-4-9(11)13-15/h3-7H,1-2H3,(H2,11,13). The number of nitrogens with two attached hydrogens (primary N) is 1. The molecule has 2 rings (SSSR count). The molecule has 0 bridgehead atoms. The van der Waals surface area contributed by atoms with Crippen LogP contribution in [0, 0.1) is 0 Å². The first-order chi connectivity index (χ1) is 7.16. The molecule has 0 saturated carbocycles. The van der Waals surface area contributed by atoms with Crippen LogP contribution in [-0.4, -0.2) is 28.9 Å². The van der Waals surface area contributed by atoms with Crippen molar-refractivity contribution in [3.8, 4) is 5.69 Å². The molecule has 0 unspecified atom stereocenters. The first-order valence-corrected chi connectivity index (χ1v) is 4.62. The van der Waals surface area contributed by atoms with E-state index in [1.165, 1.54) is 0 Å². The highest BCUT2D eigenvalue weighted by Gasteiger charge is 2.01. The summed E-state index contributed by atoms with van der Waals surface area (Å²) in [5.41, 5.74) is 6.51. The molecule has 5 nitrogen and oxygen atoms in total. The summed E-state index contributed by atoms with van der Waals surface area (Å²) < 4.78 is 1.73. The van der Waals surface area contributed by atoms with Crippen molar-refractivity contribution >= 4 is 11.6 Å². The van der Waals surface area contributed by atoms with Crippen LogP contribution in [0.2, 0.25) is 0 Å². The second-order valence-corrected chi connectivity index (χ2v) is 3.45. The number of nitrogens with zero attached hydrogens (tertiary/aromatic N) is 4. The lowest BCUT2D eigenvalue weighted by Gasteiger charge is -2.11. The van der Waals surface area contributed by atoms with Gasteiger partial charge in [0.25, 0.3) is 0 Å². The predicted octanol–water partition coefficient (Wildman–Crippen LogP) is 0.915. The number of anilines is 2. The van der Waals surface area contributed by atoms with Crippen LogP contribution < -0.4 is 10.6 Å². The van der Waals surface area contributed by atoms with Gasteiger partial charge in [-0.05, 0) is 6.07 Å². The maximum atomic E-state index is 5.56. The third kappa shape index (κ3) is 1.90. The minimum absolute atomic E-state index is 0.512. The van der Waals surface area contributed by atoms with Gasteiger partial charge in [-0.15, -0.1) is 0 Å². The van der Waals surface area contributed by atoms with E-state index in [-0.39, 0.29) is 0 Å². The molecule has 2 aromatic heterocycles. The molecule has 0 aliphatic heterocycles. The number of rotatable bonds is 2. The van der Waals surface area contributed by atoms with Gasteiger partial charge in [-0.1, -0.05) is 0 Å². The van der Waals surface area contributed by atoms with Gasteiger partial charge in [0.2, 0.25) is 0 Å². The monoisotopic (exact) mass is 203 g/mol. The quantitative estimate of drug-likeness (QED) is 0.788. The van der Waals surface area contributed by atoms with Crippen LogP contribution in [0.3, 0.4) is 0 Å². The van der Waals surface area contributed by atoms with E-state index in [1.807, 2.05) is 37.3 Å². The molecule has 2 heterocycles. The molecule has 0 spiro atoms. The van der Waals surface area contributed by atoms with E-state index in [1.54, 1.807) is 16.9 Å². The SMILES string of the molecule is CN(C)c1cc(-n2ccc(N)n2)ccn1. The van der Waals surface area contributed by atoms with Crippen LogP contribution in [0.4, 0.5) is 11.6 Å². The van der Waals surface area contributed by atoms with Gasteiger partial charge in [-0.3, -0.25) is 0 Å². The Kier molecular flexibility index (Phi) is 2.29. The van der Waals surface area contributed by atoms with Crippen molar-refractivity contribution in [1.82, 2.24) is 14.8 Å². The first-order valence-electron chi connectivity index (χ1n) is 4.62. The molecule has 78 valence electrons. The van der Waals surface area contributed by atoms with Gasteiger partial charge in [-0.25, -0.2) is 9.67 Å². The summed E-state index contributed by atoms with van der Waals surface area (Å²) in [5, 5.41) is 4.13. The average molecular weight is 203 g/mol. The van der Waals surface area contributed by atoms with Crippen molar-refractivity contribution < 1.29 is 0 Å². The Hall–Kier alpha value is -2.04. The largest absolute Gasteiger partial charge is 0.382 e. The molecule has 5 heteroatoms. The van der Waals surface area contributed by atoms with Crippen LogP contribution >= 0.6 is 0 Å². The average Bonchev–Trinajstić information content (AvgIpc) is 2.65. The molecule has 0 fully saturated rings. The van der Waals surface area contributed by atoms with Crippen molar-refractivity contribution in [2.24, 2.45) is 0 Å². The summed E-state index contributed by atoms with van der Waals surface area (Å²) in [6, 6.07) is 5.60. The Morgan fingerprint density at radius 1 is 1.33 bits per heavy atom. The van der Waals surface area contributed by atoms with Crippen LogP contribution in [-0.2, 0) is 0 Å². The molecular formula is C10H13N5. The zero-order chi connectivity index (χ0) is 10.8. The maximum Gasteiger partial charge on any atom is 0.145 e. The zero-order valence-electron chi connectivity index (χ0n) is 8.75. The third-order valence-electron chi connectivity index (χ3n) is 2.06. The van der Waals surface area contributed by atoms with Crippen molar-refractivity contribution in [2.75, 3.05) is 24.7 Å². The Balaban J connectivity index is 2.41. The van der Waals surface area contributed by atoms with Gasteiger partial charge >= 0.3 is 0 Å². The lowest BCUT2D eigenvalue weighted by molar-refractivity contribution is 0.880. The van der Waals surface area contributed by atoms with Crippen molar-refractivity contribution in [3.63, 3.8) is 0 Å². The molecule has 0 saturated heterocycles. The predicted molar refractivity (Wildman–Crippen MR) is 60.1 cm³/mol. The summed E-state index contributed by atoms with van der Waals surface area (Å²) in [6.45, 7) is 0. The minimum atomic E-state index is 0.512. The summed E-state index contributed by atoms with van der Waals surface area (Å²) in [5.74, 6) is 1.40. The lowest BCUT2D eigenvalue weighted by Crippen LogP contribution is -2.11. The number of aromatic nitrogens is 3. The minimum Gasteiger partial charge on any atom is -0.382 e. The second kappa shape index (κ2) is 3.61. The Morgan fingerprint density at radius 2 is 2.13 bits per heavy atom. The molecule has 0 aliphatic carbocycles. The smallest absolute Gasteiger partial charge is 0.145 e. The van der Waals surface area contributed by atoms with Crippen molar-refractivity contribution in [3.05, 3.63) is 30.6 Å². The molecule has 0 radical (unpaired) electrons. The fourth-order valence-electron chi connectivity index (χ4n) is 1.28. The van der Waals surface area contributed by atoms with Gasteiger partial charge in [0.05, 0.1) is 5.69 Å². The molecule has 0 atom stereocenters. The number of pyridine rings is 1. The van der Waals surface area contributed by atoms with E-state index in [2.05, 4.69) is 10.1 Å². The molecule has 0 amide bonds. The van der Waals surface area contributed by atoms with E-state index in [0.717, 1.165) is 11.5 Å². The van der Waals surface area contributed by atoms with E-state index in [0.29, 0.717) is 5.82 Å². The highest BCUT2D eigenvalue weighted by molar-refractivity contribution is 5.46. The van der Waals surface area contributed by atoms with E-state index in [4.69, 9.17) is 5.73 Å². The van der Waals surface area contributed by atoms with Gasteiger partial charge < -0.3 is 10.6 Å². The van der Waals surface area contributed by atoms with Crippen LogP contribution in [0.5, 0.6) is 0 Å². The van der Waals surface area contributed by atoms with E-state index in [9.17, 15) is 0 Å². The highest BCUT2D eigenvalue weighted by Crippen LogP contribution is 2.13. The first kappa shape index (κ1) is 9.51. The summed E-state index contributed by atoms with van der Waals surface area (Å²) in [4.78, 5) is 6.17. The summed E-state index contributed by atoms with van der Waals surface area (Å²) >= 11 is 0. The molecule has 2 aromatic rings. The van der Waals surface area contributed by atoms with Gasteiger partial charge in [0.15, 0.2) is 0 Å². The van der Waals surface area contributed by atoms with Crippen LogP contribution in [0.15, 0.2) is 30.6 Å². The zero-order valence-corrected chi connectivity index (χ0v) is 8.75. The Labute approximate surface area is 88.1 Å². The van der Waals surface area contributed by atoms with Crippen LogP contribution in [0.25, 0.3) is 5.69 Å². The highest BCUT2D eigenvalue weighted by atomic mass is 15.3. The van der Waals surface area contributed by atoms with E-state index < -0.39 is 0 Å². The molecule has 2 N–H and O–H groups in total. The van der Waals surface area contributed by atoms with E-state index >= 15 is 0 Å². The molecule has 15 heavy (non-hydrogen) atoms. The summed E-state index contributed by atoms with van der Waals surface area (Å²) in [7, 11) is 3.90. The Morgan fingerprint density at radius 3 is 2.73 bits per heavy atom. The molecular weight excluding hydrogens is 190 g/mol. The van der Waals surface area contributed by atoms with Gasteiger partial charge in [0, 0.05) is 38.6 Å². The maximum absolute atomic E-state index is 5.56.